The molecule has 1 aromatic carbocycles. The second-order valence-corrected chi connectivity index (χ2v) is 5.75. The van der Waals surface area contributed by atoms with Gasteiger partial charge in [0, 0.05) is 10.5 Å². The van der Waals surface area contributed by atoms with Gasteiger partial charge in [-0.3, -0.25) is 10.1 Å². The van der Waals surface area contributed by atoms with Crippen LogP contribution in [-0.4, -0.2) is 17.1 Å². The van der Waals surface area contributed by atoms with Gasteiger partial charge in [0.05, 0.1) is 0 Å². The van der Waals surface area contributed by atoms with E-state index in [1.54, 1.807) is 0 Å². The van der Waals surface area contributed by atoms with Crippen molar-refractivity contribution in [3.05, 3.63) is 34.3 Å². The van der Waals surface area contributed by atoms with Crippen LogP contribution in [0.1, 0.15) is 37.8 Å². The third-order valence-electron chi connectivity index (χ3n) is 3.42. The van der Waals surface area contributed by atoms with Crippen LogP contribution in [0.5, 0.6) is 0 Å². The summed E-state index contributed by atoms with van der Waals surface area (Å²) in [7, 11) is 0. The van der Waals surface area contributed by atoms with Gasteiger partial charge in [-0.25, -0.2) is 0 Å². The Bertz CT molecular complexity index is 414. The normalized spacial score (nSPS) is 18.3. The van der Waals surface area contributed by atoms with Crippen LogP contribution in [0, 0.1) is 5.92 Å². The number of benzene rings is 1. The van der Waals surface area contributed by atoms with Crippen molar-refractivity contribution in [2.24, 2.45) is 5.92 Å². The lowest BCUT2D eigenvalue weighted by Crippen LogP contribution is -2.40. The lowest BCUT2D eigenvalue weighted by atomic mass is 10.0. The Morgan fingerprint density at radius 3 is 2.50 bits per heavy atom. The van der Waals surface area contributed by atoms with E-state index in [1.807, 2.05) is 24.3 Å². The molecule has 1 aliphatic rings. The summed E-state index contributed by atoms with van der Waals surface area (Å²) < 4.78 is 1.04. The number of nitrogens with one attached hydrogen (secondary N) is 1. The largest absolute Gasteiger partial charge is 0.480 e. The van der Waals surface area contributed by atoms with Crippen molar-refractivity contribution in [2.75, 3.05) is 0 Å². The molecule has 1 aromatic rings. The van der Waals surface area contributed by atoms with Gasteiger partial charge in [0.25, 0.3) is 0 Å². The zero-order chi connectivity index (χ0) is 13.1. The molecular weight excluding hydrogens is 294 g/mol. The van der Waals surface area contributed by atoms with Crippen LogP contribution >= 0.6 is 15.9 Å². The maximum absolute atomic E-state index is 11.2. The fourth-order valence-electron chi connectivity index (χ4n) is 2.20. The van der Waals surface area contributed by atoms with E-state index in [2.05, 4.69) is 28.2 Å². The molecule has 2 atom stereocenters. The molecule has 2 unspecified atom stereocenters. The number of halogens is 1. The number of carboxylic acid groups (broad SMARTS) is 1. The summed E-state index contributed by atoms with van der Waals surface area (Å²) in [6.07, 6.45) is 2.94. The fourth-order valence-corrected chi connectivity index (χ4v) is 2.46. The molecule has 0 amide bonds. The summed E-state index contributed by atoms with van der Waals surface area (Å²) >= 11 is 3.41. The van der Waals surface area contributed by atoms with E-state index in [0.29, 0.717) is 5.92 Å². The molecule has 4 heteroatoms. The van der Waals surface area contributed by atoms with Gasteiger partial charge in [-0.1, -0.05) is 35.0 Å². The van der Waals surface area contributed by atoms with Gasteiger partial charge in [-0.05, 0) is 42.9 Å². The molecule has 0 bridgehead atoms. The third kappa shape index (κ3) is 3.33. The quantitative estimate of drug-likeness (QED) is 0.847. The van der Waals surface area contributed by atoms with Gasteiger partial charge < -0.3 is 5.11 Å². The fraction of sp³-hybridized carbons (Fsp3) is 0.500. The third-order valence-corrected chi connectivity index (χ3v) is 3.95. The highest BCUT2D eigenvalue weighted by molar-refractivity contribution is 9.10. The lowest BCUT2D eigenvalue weighted by Gasteiger charge is -2.22. The Hall–Kier alpha value is -0.870. The second-order valence-electron chi connectivity index (χ2n) is 4.83. The van der Waals surface area contributed by atoms with E-state index in [4.69, 9.17) is 0 Å². The number of rotatable bonds is 6. The average Bonchev–Trinajstić information content (AvgIpc) is 3.16. The SMILES string of the molecule is CCC(NC(C(=O)O)C1CC1)c1ccc(Br)cc1. The summed E-state index contributed by atoms with van der Waals surface area (Å²) in [6, 6.07) is 7.77. The second kappa shape index (κ2) is 5.85. The first-order valence-corrected chi connectivity index (χ1v) is 7.15. The Morgan fingerprint density at radius 2 is 2.06 bits per heavy atom. The van der Waals surface area contributed by atoms with Crippen LogP contribution in [0.3, 0.4) is 0 Å². The molecule has 0 radical (unpaired) electrons. The maximum Gasteiger partial charge on any atom is 0.320 e. The van der Waals surface area contributed by atoms with E-state index in [-0.39, 0.29) is 6.04 Å². The predicted octanol–water partition coefficient (Wildman–Crippen LogP) is 3.35. The minimum absolute atomic E-state index is 0.111. The summed E-state index contributed by atoms with van der Waals surface area (Å²) in [5.74, 6) is -0.417. The molecular formula is C14H18BrNO2. The van der Waals surface area contributed by atoms with Gasteiger partial charge in [-0.15, -0.1) is 0 Å². The molecule has 0 aromatic heterocycles. The van der Waals surface area contributed by atoms with Gasteiger partial charge in [0.15, 0.2) is 0 Å². The van der Waals surface area contributed by atoms with Crippen LogP contribution in [0.25, 0.3) is 0 Å². The van der Waals surface area contributed by atoms with Crippen molar-refractivity contribution in [2.45, 2.75) is 38.3 Å². The minimum atomic E-state index is -0.729. The molecule has 0 saturated heterocycles. The van der Waals surface area contributed by atoms with Crippen LogP contribution in [0.4, 0.5) is 0 Å². The van der Waals surface area contributed by atoms with Crippen molar-refractivity contribution in [3.63, 3.8) is 0 Å². The Balaban J connectivity index is 2.08. The number of hydrogen-bond donors (Lipinski definition) is 2. The first-order valence-electron chi connectivity index (χ1n) is 6.36. The van der Waals surface area contributed by atoms with Gasteiger partial charge >= 0.3 is 5.97 Å². The molecule has 0 aliphatic heterocycles. The molecule has 2 N–H and O–H groups in total. The highest BCUT2D eigenvalue weighted by Gasteiger charge is 2.37. The monoisotopic (exact) mass is 311 g/mol. The minimum Gasteiger partial charge on any atom is -0.480 e. The number of carboxylic acids is 1. The molecule has 1 aliphatic carbocycles. The maximum atomic E-state index is 11.2. The first kappa shape index (κ1) is 13.6. The molecule has 1 fully saturated rings. The lowest BCUT2D eigenvalue weighted by molar-refractivity contribution is -0.140. The highest BCUT2D eigenvalue weighted by Crippen LogP contribution is 2.34. The standard InChI is InChI=1S/C14H18BrNO2/c1-2-12(9-5-7-11(15)8-6-9)16-13(14(17)18)10-3-4-10/h5-8,10,12-13,16H,2-4H2,1H3,(H,17,18). The molecule has 98 valence electrons. The number of carbonyl (C=O) groups is 1. The van der Waals surface area contributed by atoms with Crippen LogP contribution in [0.15, 0.2) is 28.7 Å². The van der Waals surface area contributed by atoms with Crippen molar-refractivity contribution >= 4 is 21.9 Å². The molecule has 18 heavy (non-hydrogen) atoms. The Morgan fingerprint density at radius 1 is 1.44 bits per heavy atom. The zero-order valence-corrected chi connectivity index (χ0v) is 12.0. The van der Waals surface area contributed by atoms with Gasteiger partial charge in [-0.2, -0.15) is 0 Å². The van der Waals surface area contributed by atoms with Gasteiger partial charge in [0.1, 0.15) is 6.04 Å². The summed E-state index contributed by atoms with van der Waals surface area (Å²) in [5.41, 5.74) is 1.15. The average molecular weight is 312 g/mol. The molecule has 3 nitrogen and oxygen atoms in total. The van der Waals surface area contributed by atoms with Crippen molar-refractivity contribution < 1.29 is 9.90 Å². The van der Waals surface area contributed by atoms with E-state index >= 15 is 0 Å². The topological polar surface area (TPSA) is 49.3 Å². The zero-order valence-electron chi connectivity index (χ0n) is 10.4. The number of hydrogen-bond acceptors (Lipinski definition) is 2. The van der Waals surface area contributed by atoms with Crippen molar-refractivity contribution in [1.82, 2.24) is 5.32 Å². The Kier molecular flexibility index (Phi) is 4.40. The molecule has 1 saturated carbocycles. The van der Waals surface area contributed by atoms with Crippen molar-refractivity contribution in [3.8, 4) is 0 Å². The van der Waals surface area contributed by atoms with E-state index < -0.39 is 12.0 Å². The van der Waals surface area contributed by atoms with Crippen LogP contribution in [0.2, 0.25) is 0 Å². The molecule has 0 spiro atoms. The summed E-state index contributed by atoms with van der Waals surface area (Å²) in [6.45, 7) is 2.07. The smallest absolute Gasteiger partial charge is 0.320 e. The first-order chi connectivity index (χ1) is 8.61. The van der Waals surface area contributed by atoms with E-state index in [9.17, 15) is 9.90 Å². The Labute approximate surface area is 116 Å². The molecule has 0 heterocycles. The van der Waals surface area contributed by atoms with Crippen molar-refractivity contribution in [1.29, 1.82) is 0 Å². The predicted molar refractivity (Wildman–Crippen MR) is 74.5 cm³/mol. The summed E-state index contributed by atoms with van der Waals surface area (Å²) in [4.78, 5) is 11.2. The summed E-state index contributed by atoms with van der Waals surface area (Å²) in [5, 5.41) is 12.5. The van der Waals surface area contributed by atoms with E-state index in [0.717, 1.165) is 29.3 Å². The highest BCUT2D eigenvalue weighted by atomic mass is 79.9. The molecule has 2 rings (SSSR count). The van der Waals surface area contributed by atoms with Gasteiger partial charge in [0.2, 0.25) is 0 Å². The van der Waals surface area contributed by atoms with Crippen LogP contribution in [-0.2, 0) is 4.79 Å². The van der Waals surface area contributed by atoms with E-state index in [1.165, 1.54) is 0 Å². The van der Waals surface area contributed by atoms with Crippen LogP contribution < -0.4 is 5.32 Å². The number of aliphatic carboxylic acids is 1.